The van der Waals surface area contributed by atoms with Crippen LogP contribution in [0.5, 0.6) is 5.75 Å². The van der Waals surface area contributed by atoms with Crippen molar-refractivity contribution in [2.75, 3.05) is 0 Å². The van der Waals surface area contributed by atoms with E-state index in [4.69, 9.17) is 14.4 Å². The highest BCUT2D eigenvalue weighted by atomic mass is 16.5. The zero-order valence-corrected chi connectivity index (χ0v) is 13.3. The summed E-state index contributed by atoms with van der Waals surface area (Å²) in [4.78, 5) is 16.0. The number of hydrogen-bond donors (Lipinski definition) is 1. The number of amides is 1. The molecule has 1 N–H and O–H groups in total. The van der Waals surface area contributed by atoms with E-state index in [1.54, 1.807) is 48.8 Å². The second kappa shape index (κ2) is 7.79. The van der Waals surface area contributed by atoms with Crippen molar-refractivity contribution in [1.82, 2.24) is 10.3 Å². The second-order valence-corrected chi connectivity index (χ2v) is 5.20. The molecule has 124 valence electrons. The number of hydrogen-bond acceptors (Lipinski definition) is 5. The number of nitriles is 1. The quantitative estimate of drug-likeness (QED) is 0.749. The van der Waals surface area contributed by atoms with E-state index in [-0.39, 0.29) is 18.3 Å². The van der Waals surface area contributed by atoms with Crippen LogP contribution in [0.25, 0.3) is 0 Å². The van der Waals surface area contributed by atoms with Gasteiger partial charge in [0, 0.05) is 18.9 Å². The largest absolute Gasteiger partial charge is 0.484 e. The lowest BCUT2D eigenvalue weighted by atomic mass is 10.2. The van der Waals surface area contributed by atoms with Crippen molar-refractivity contribution in [3.8, 4) is 11.8 Å². The van der Waals surface area contributed by atoms with E-state index in [2.05, 4.69) is 16.4 Å². The van der Waals surface area contributed by atoms with Crippen LogP contribution < -0.4 is 10.1 Å². The van der Waals surface area contributed by atoms with E-state index in [0.29, 0.717) is 23.6 Å². The summed E-state index contributed by atoms with van der Waals surface area (Å²) in [6.45, 7) is 0.528. The number of ether oxygens (including phenoxy) is 1. The fourth-order valence-corrected chi connectivity index (χ4v) is 2.18. The molecular weight excluding hydrogens is 318 g/mol. The molecule has 0 spiro atoms. The van der Waals surface area contributed by atoms with Crippen molar-refractivity contribution < 1.29 is 13.9 Å². The minimum absolute atomic E-state index is 0.135. The molecule has 0 bridgehead atoms. The number of benzene rings is 1. The van der Waals surface area contributed by atoms with Crippen LogP contribution in [0.4, 0.5) is 0 Å². The van der Waals surface area contributed by atoms with Gasteiger partial charge >= 0.3 is 0 Å². The van der Waals surface area contributed by atoms with Gasteiger partial charge in [-0.25, -0.2) is 0 Å². The van der Waals surface area contributed by atoms with Crippen molar-refractivity contribution in [3.63, 3.8) is 0 Å². The summed E-state index contributed by atoms with van der Waals surface area (Å²) in [7, 11) is 0. The van der Waals surface area contributed by atoms with Crippen LogP contribution in [-0.4, -0.2) is 10.9 Å². The van der Waals surface area contributed by atoms with Crippen LogP contribution in [-0.2, 0) is 13.2 Å². The van der Waals surface area contributed by atoms with Gasteiger partial charge < -0.3 is 14.5 Å². The fourth-order valence-electron chi connectivity index (χ4n) is 2.18. The molecule has 1 amide bonds. The number of para-hydroxylation sites is 1. The Morgan fingerprint density at radius 3 is 2.76 bits per heavy atom. The lowest BCUT2D eigenvalue weighted by molar-refractivity contribution is 0.0919. The molecule has 6 nitrogen and oxygen atoms in total. The van der Waals surface area contributed by atoms with Crippen molar-refractivity contribution in [2.24, 2.45) is 0 Å². The SMILES string of the molecule is N#Cc1ccccc1OCc1ccc(C(=O)NCc2ccncc2)o1. The van der Waals surface area contributed by atoms with Gasteiger partial charge in [-0.1, -0.05) is 12.1 Å². The Bertz CT molecular complexity index is 898. The number of carbonyl (C=O) groups excluding carboxylic acids is 1. The average molecular weight is 333 g/mol. The molecule has 0 saturated carbocycles. The second-order valence-electron chi connectivity index (χ2n) is 5.20. The van der Waals surface area contributed by atoms with Crippen molar-refractivity contribution in [2.45, 2.75) is 13.2 Å². The Kier molecular flexibility index (Phi) is 5.07. The third-order valence-corrected chi connectivity index (χ3v) is 3.47. The molecule has 0 aliphatic rings. The number of nitrogens with zero attached hydrogens (tertiary/aromatic N) is 2. The molecule has 6 heteroatoms. The number of aromatic nitrogens is 1. The Labute approximate surface area is 144 Å². The first-order valence-corrected chi connectivity index (χ1v) is 7.64. The molecule has 25 heavy (non-hydrogen) atoms. The third-order valence-electron chi connectivity index (χ3n) is 3.47. The fraction of sp³-hybridized carbons (Fsp3) is 0.105. The topological polar surface area (TPSA) is 88.1 Å². The maximum atomic E-state index is 12.1. The summed E-state index contributed by atoms with van der Waals surface area (Å²) < 4.78 is 11.1. The van der Waals surface area contributed by atoms with Gasteiger partial charge in [0.1, 0.15) is 24.2 Å². The Morgan fingerprint density at radius 1 is 1.16 bits per heavy atom. The normalized spacial score (nSPS) is 10.0. The zero-order valence-electron chi connectivity index (χ0n) is 13.3. The van der Waals surface area contributed by atoms with E-state index in [0.717, 1.165) is 5.56 Å². The van der Waals surface area contributed by atoms with Crippen molar-refractivity contribution in [1.29, 1.82) is 5.26 Å². The van der Waals surface area contributed by atoms with Crippen LogP contribution in [0, 0.1) is 11.3 Å². The number of carbonyl (C=O) groups is 1. The summed E-state index contributed by atoms with van der Waals surface area (Å²) in [6.07, 6.45) is 3.34. The first kappa shape index (κ1) is 16.3. The minimum atomic E-state index is -0.305. The van der Waals surface area contributed by atoms with E-state index in [1.165, 1.54) is 0 Å². The summed E-state index contributed by atoms with van der Waals surface area (Å²) in [6, 6.07) is 15.9. The highest BCUT2D eigenvalue weighted by Gasteiger charge is 2.12. The molecule has 0 aliphatic heterocycles. The molecule has 3 rings (SSSR count). The van der Waals surface area contributed by atoms with Crippen LogP contribution in [0.15, 0.2) is 65.3 Å². The van der Waals surface area contributed by atoms with Crippen molar-refractivity contribution in [3.05, 3.63) is 83.6 Å². The van der Waals surface area contributed by atoms with Crippen LogP contribution in [0.1, 0.15) is 27.4 Å². The van der Waals surface area contributed by atoms with Gasteiger partial charge in [0.25, 0.3) is 5.91 Å². The molecule has 2 aromatic heterocycles. The van der Waals surface area contributed by atoms with E-state index in [9.17, 15) is 4.79 Å². The van der Waals surface area contributed by atoms with Gasteiger partial charge in [-0.2, -0.15) is 5.26 Å². The van der Waals surface area contributed by atoms with Gasteiger partial charge in [0.2, 0.25) is 0 Å². The highest BCUT2D eigenvalue weighted by Crippen LogP contribution is 2.19. The van der Waals surface area contributed by atoms with Crippen LogP contribution in [0.3, 0.4) is 0 Å². The molecule has 0 fully saturated rings. The lowest BCUT2D eigenvalue weighted by Crippen LogP contribution is -2.22. The monoisotopic (exact) mass is 333 g/mol. The zero-order chi connectivity index (χ0) is 17.5. The molecule has 0 aliphatic carbocycles. The molecule has 0 unspecified atom stereocenters. The van der Waals surface area contributed by atoms with Crippen LogP contribution >= 0.6 is 0 Å². The molecule has 1 aromatic carbocycles. The molecule has 3 aromatic rings. The maximum absolute atomic E-state index is 12.1. The first-order chi connectivity index (χ1) is 12.3. The molecule has 0 saturated heterocycles. The summed E-state index contributed by atoms with van der Waals surface area (Å²) in [5, 5.41) is 11.8. The number of rotatable bonds is 6. The Morgan fingerprint density at radius 2 is 1.96 bits per heavy atom. The smallest absolute Gasteiger partial charge is 0.287 e. The van der Waals surface area contributed by atoms with Gasteiger partial charge in [-0.15, -0.1) is 0 Å². The van der Waals surface area contributed by atoms with E-state index < -0.39 is 0 Å². The van der Waals surface area contributed by atoms with Gasteiger partial charge in [0.15, 0.2) is 5.76 Å². The molecule has 2 heterocycles. The average Bonchev–Trinajstić information content (AvgIpc) is 3.14. The lowest BCUT2D eigenvalue weighted by Gasteiger charge is -2.05. The maximum Gasteiger partial charge on any atom is 0.287 e. The van der Waals surface area contributed by atoms with Crippen LogP contribution in [0.2, 0.25) is 0 Å². The van der Waals surface area contributed by atoms with Gasteiger partial charge in [-0.05, 0) is 42.0 Å². The molecule has 0 radical (unpaired) electrons. The summed E-state index contributed by atoms with van der Waals surface area (Å²) >= 11 is 0. The van der Waals surface area contributed by atoms with Gasteiger partial charge in [0.05, 0.1) is 5.56 Å². The Balaban J connectivity index is 1.57. The van der Waals surface area contributed by atoms with E-state index in [1.807, 2.05) is 12.1 Å². The first-order valence-electron chi connectivity index (χ1n) is 7.64. The Hall–Kier alpha value is -3.59. The highest BCUT2D eigenvalue weighted by molar-refractivity contribution is 5.91. The van der Waals surface area contributed by atoms with Crippen molar-refractivity contribution >= 4 is 5.91 Å². The number of furan rings is 1. The molecule has 0 atom stereocenters. The standard InChI is InChI=1S/C19H15N3O3/c20-11-15-3-1-2-4-17(15)24-13-16-5-6-18(25-16)19(23)22-12-14-7-9-21-10-8-14/h1-10H,12-13H2,(H,22,23). The minimum Gasteiger partial charge on any atom is -0.484 e. The predicted molar refractivity (Wildman–Crippen MR) is 89.6 cm³/mol. The summed E-state index contributed by atoms with van der Waals surface area (Å²) in [5.41, 5.74) is 1.40. The number of nitrogens with one attached hydrogen (secondary N) is 1. The third kappa shape index (κ3) is 4.24. The van der Waals surface area contributed by atoms with E-state index >= 15 is 0 Å². The predicted octanol–water partition coefficient (Wildman–Crippen LogP) is 3.06. The summed E-state index contributed by atoms with van der Waals surface area (Å²) in [5.74, 6) is 0.883. The number of pyridine rings is 1. The molecular formula is C19H15N3O3. The van der Waals surface area contributed by atoms with Gasteiger partial charge in [-0.3, -0.25) is 9.78 Å².